The number of carbonyl (C=O) groups is 4. The summed E-state index contributed by atoms with van der Waals surface area (Å²) in [5.41, 5.74) is 5.38. The van der Waals surface area contributed by atoms with Gasteiger partial charge in [-0.15, -0.1) is 0 Å². The summed E-state index contributed by atoms with van der Waals surface area (Å²) in [6, 6.07) is -2.28. The van der Waals surface area contributed by atoms with Gasteiger partial charge >= 0.3 is 0 Å². The van der Waals surface area contributed by atoms with Gasteiger partial charge in [-0.3, -0.25) is 19.2 Å². The number of nitrogens with two attached hydrogens (primary N) is 1. The zero-order valence-electron chi connectivity index (χ0n) is 16.0. The minimum atomic E-state index is -0.906. The number of nitrogens with zero attached hydrogens (tertiary/aromatic N) is 2. The predicted molar refractivity (Wildman–Crippen MR) is 98.5 cm³/mol. The number of hydrogen-bond acceptors (Lipinski definition) is 5. The second-order valence-electron chi connectivity index (χ2n) is 8.03. The Morgan fingerprint density at radius 3 is 2.75 bits per heavy atom. The number of imidazole rings is 1. The van der Waals surface area contributed by atoms with E-state index in [1.807, 2.05) is 0 Å². The van der Waals surface area contributed by atoms with Crippen LogP contribution >= 0.6 is 0 Å². The second kappa shape index (κ2) is 7.61. The lowest BCUT2D eigenvalue weighted by Gasteiger charge is -2.28. The van der Waals surface area contributed by atoms with Crippen molar-refractivity contribution >= 4 is 23.6 Å². The third-order valence-corrected chi connectivity index (χ3v) is 5.40. The number of H-pyrrole nitrogens is 1. The van der Waals surface area contributed by atoms with E-state index in [0.29, 0.717) is 31.5 Å². The molecule has 1 aromatic heterocycles. The molecule has 0 saturated carbocycles. The van der Waals surface area contributed by atoms with Crippen LogP contribution in [0, 0.1) is 5.41 Å². The molecular weight excluding hydrogens is 364 g/mol. The largest absolute Gasteiger partial charge is 0.368 e. The summed E-state index contributed by atoms with van der Waals surface area (Å²) in [4.78, 5) is 57.9. The van der Waals surface area contributed by atoms with Crippen molar-refractivity contribution in [3.05, 3.63) is 18.2 Å². The van der Waals surface area contributed by atoms with Crippen LogP contribution in [0.1, 0.15) is 38.8 Å². The highest BCUT2D eigenvalue weighted by Gasteiger charge is 2.43. The molecule has 0 bridgehead atoms. The van der Waals surface area contributed by atoms with Gasteiger partial charge in [0.25, 0.3) is 0 Å². The highest BCUT2D eigenvalue weighted by Crippen LogP contribution is 2.28. The molecule has 0 aromatic carbocycles. The third kappa shape index (κ3) is 4.00. The SMILES string of the molecule is CC1(C)C[C@@H](C(=O)N[C@@H](Cc2c[nH]cn2)C(=O)N2CCC[C@H]2C(N)=O)NC1=O. The molecule has 0 spiro atoms. The molecule has 0 aliphatic carbocycles. The van der Waals surface area contributed by atoms with Crippen molar-refractivity contribution in [1.82, 2.24) is 25.5 Å². The Balaban J connectivity index is 1.75. The van der Waals surface area contributed by atoms with Crippen molar-refractivity contribution in [1.29, 1.82) is 0 Å². The number of nitrogens with one attached hydrogen (secondary N) is 3. The van der Waals surface area contributed by atoms with Crippen LogP contribution in [0.25, 0.3) is 0 Å². The van der Waals surface area contributed by atoms with E-state index >= 15 is 0 Å². The molecule has 2 aliphatic rings. The van der Waals surface area contributed by atoms with Crippen molar-refractivity contribution in [2.75, 3.05) is 6.54 Å². The Kier molecular flexibility index (Phi) is 5.39. The van der Waals surface area contributed by atoms with E-state index in [0.717, 1.165) is 0 Å². The Bertz CT molecular complexity index is 775. The Hall–Kier alpha value is -2.91. The van der Waals surface area contributed by atoms with Gasteiger partial charge in [-0.05, 0) is 19.3 Å². The molecule has 28 heavy (non-hydrogen) atoms. The summed E-state index contributed by atoms with van der Waals surface area (Å²) in [5.74, 6) is -1.56. The summed E-state index contributed by atoms with van der Waals surface area (Å²) in [7, 11) is 0. The average Bonchev–Trinajstić information content (AvgIpc) is 3.35. The maximum Gasteiger partial charge on any atom is 0.246 e. The molecule has 0 unspecified atom stereocenters. The smallest absolute Gasteiger partial charge is 0.246 e. The highest BCUT2D eigenvalue weighted by atomic mass is 16.2. The first-order chi connectivity index (χ1) is 13.2. The summed E-state index contributed by atoms with van der Waals surface area (Å²) in [5, 5.41) is 5.41. The fourth-order valence-corrected chi connectivity index (χ4v) is 3.78. The number of amides is 4. The monoisotopic (exact) mass is 390 g/mol. The fraction of sp³-hybridized carbons (Fsp3) is 0.611. The number of likely N-dealkylation sites (tertiary alicyclic amines) is 1. The van der Waals surface area contributed by atoms with Gasteiger partial charge in [-0.2, -0.15) is 0 Å². The van der Waals surface area contributed by atoms with E-state index in [1.165, 1.54) is 11.2 Å². The molecule has 10 nitrogen and oxygen atoms in total. The fourth-order valence-electron chi connectivity index (χ4n) is 3.78. The van der Waals surface area contributed by atoms with Crippen LogP contribution in [0.3, 0.4) is 0 Å². The van der Waals surface area contributed by atoms with Crippen LogP contribution in [0.4, 0.5) is 0 Å². The molecule has 2 aliphatic heterocycles. The summed E-state index contributed by atoms with van der Waals surface area (Å²) in [6.45, 7) is 3.94. The first-order valence-electron chi connectivity index (χ1n) is 9.38. The van der Waals surface area contributed by atoms with Crippen molar-refractivity contribution in [2.45, 2.75) is 57.7 Å². The lowest BCUT2D eigenvalue weighted by molar-refractivity contribution is -0.140. The van der Waals surface area contributed by atoms with Gasteiger partial charge in [0, 0.05) is 24.6 Å². The minimum Gasteiger partial charge on any atom is -0.368 e. The lowest BCUT2D eigenvalue weighted by atomic mass is 9.89. The molecule has 5 N–H and O–H groups in total. The molecule has 3 heterocycles. The van der Waals surface area contributed by atoms with Gasteiger partial charge in [0.2, 0.25) is 23.6 Å². The Morgan fingerprint density at radius 2 is 2.18 bits per heavy atom. The zero-order chi connectivity index (χ0) is 20.5. The molecule has 3 rings (SSSR count). The van der Waals surface area contributed by atoms with Gasteiger partial charge in [-0.1, -0.05) is 13.8 Å². The number of hydrogen-bond donors (Lipinski definition) is 4. The normalized spacial score (nSPS) is 24.6. The molecule has 3 atom stereocenters. The second-order valence-corrected chi connectivity index (χ2v) is 8.03. The third-order valence-electron chi connectivity index (χ3n) is 5.40. The predicted octanol–water partition coefficient (Wildman–Crippen LogP) is -1.17. The van der Waals surface area contributed by atoms with Crippen molar-refractivity contribution in [2.24, 2.45) is 11.1 Å². The summed E-state index contributed by atoms with van der Waals surface area (Å²) >= 11 is 0. The molecule has 152 valence electrons. The summed E-state index contributed by atoms with van der Waals surface area (Å²) < 4.78 is 0. The Morgan fingerprint density at radius 1 is 1.43 bits per heavy atom. The first-order valence-corrected chi connectivity index (χ1v) is 9.38. The van der Waals surface area contributed by atoms with Crippen LogP contribution in [0.15, 0.2) is 12.5 Å². The quantitative estimate of drug-likeness (QED) is 0.482. The number of primary amides is 1. The van der Waals surface area contributed by atoms with Crippen molar-refractivity contribution in [3.8, 4) is 0 Å². The van der Waals surface area contributed by atoms with Crippen LogP contribution in [-0.4, -0.2) is 63.2 Å². The van der Waals surface area contributed by atoms with Crippen molar-refractivity contribution < 1.29 is 19.2 Å². The van der Waals surface area contributed by atoms with Gasteiger partial charge in [0.1, 0.15) is 18.1 Å². The van der Waals surface area contributed by atoms with E-state index in [1.54, 1.807) is 20.0 Å². The lowest BCUT2D eigenvalue weighted by Crippen LogP contribution is -2.56. The molecule has 2 fully saturated rings. The molecule has 10 heteroatoms. The maximum atomic E-state index is 13.1. The van der Waals surface area contributed by atoms with E-state index in [2.05, 4.69) is 20.6 Å². The number of carbonyl (C=O) groups excluding carboxylic acids is 4. The molecule has 0 radical (unpaired) electrons. The number of aromatic nitrogens is 2. The molecular formula is C18H26N6O4. The number of aromatic amines is 1. The molecule has 2 saturated heterocycles. The summed E-state index contributed by atoms with van der Waals surface area (Å²) in [6.07, 6.45) is 4.82. The Labute approximate surface area is 162 Å². The number of rotatable bonds is 6. The minimum absolute atomic E-state index is 0.167. The molecule has 4 amide bonds. The van der Waals surface area contributed by atoms with E-state index in [9.17, 15) is 19.2 Å². The zero-order valence-corrected chi connectivity index (χ0v) is 16.0. The standard InChI is InChI=1S/C18H26N6O4/c1-18(2)7-12(23-17(18)28)15(26)22-11(6-10-8-20-9-21-10)16(27)24-5-3-4-13(24)14(19)25/h8-9,11-13H,3-7H2,1-2H3,(H2,19,25)(H,20,21)(H,22,26)(H,23,28)/t11-,12-,13-/m0/s1. The van der Waals surface area contributed by atoms with E-state index in [4.69, 9.17) is 5.73 Å². The average molecular weight is 390 g/mol. The van der Waals surface area contributed by atoms with Crippen LogP contribution < -0.4 is 16.4 Å². The van der Waals surface area contributed by atoms with Gasteiger partial charge in [0.15, 0.2) is 0 Å². The van der Waals surface area contributed by atoms with Crippen molar-refractivity contribution in [3.63, 3.8) is 0 Å². The van der Waals surface area contributed by atoms with Gasteiger partial charge < -0.3 is 26.3 Å². The van der Waals surface area contributed by atoms with Crippen LogP contribution in [0.5, 0.6) is 0 Å². The first kappa shape index (κ1) is 19.8. The van der Waals surface area contributed by atoms with Gasteiger partial charge in [-0.25, -0.2) is 4.98 Å². The maximum absolute atomic E-state index is 13.1. The van der Waals surface area contributed by atoms with Crippen LogP contribution in [0.2, 0.25) is 0 Å². The highest BCUT2D eigenvalue weighted by molar-refractivity contribution is 5.97. The van der Waals surface area contributed by atoms with Crippen LogP contribution in [-0.2, 0) is 25.6 Å². The van der Waals surface area contributed by atoms with E-state index in [-0.39, 0.29) is 18.2 Å². The topological polar surface area (TPSA) is 150 Å². The van der Waals surface area contributed by atoms with E-state index < -0.39 is 35.4 Å². The van der Waals surface area contributed by atoms with Gasteiger partial charge in [0.05, 0.1) is 12.0 Å². The molecule has 1 aromatic rings.